The summed E-state index contributed by atoms with van der Waals surface area (Å²) >= 11 is 0. The van der Waals surface area contributed by atoms with E-state index in [1.54, 1.807) is 41.3 Å². The Morgan fingerprint density at radius 1 is 1.06 bits per heavy atom. The molecular formula is C24H21FN4O4S. The van der Waals surface area contributed by atoms with Crippen LogP contribution in [0.5, 0.6) is 0 Å². The van der Waals surface area contributed by atoms with Gasteiger partial charge >= 0.3 is 0 Å². The van der Waals surface area contributed by atoms with Gasteiger partial charge in [0.1, 0.15) is 5.82 Å². The second-order valence-corrected chi connectivity index (χ2v) is 10.0. The Morgan fingerprint density at radius 3 is 2.44 bits per heavy atom. The Kier molecular flexibility index (Phi) is 5.62. The maximum absolute atomic E-state index is 14.1. The molecule has 174 valence electrons. The first-order chi connectivity index (χ1) is 16.3. The molecule has 10 heteroatoms. The minimum absolute atomic E-state index is 0.106. The average molecular weight is 481 g/mol. The third kappa shape index (κ3) is 4.06. The van der Waals surface area contributed by atoms with E-state index in [9.17, 15) is 17.6 Å². The zero-order valence-electron chi connectivity index (χ0n) is 18.3. The Bertz CT molecular complexity index is 1490. The molecule has 3 heterocycles. The van der Waals surface area contributed by atoms with E-state index < -0.39 is 15.7 Å². The van der Waals surface area contributed by atoms with Crippen LogP contribution < -0.4 is 0 Å². The predicted octanol–water partition coefficient (Wildman–Crippen LogP) is 3.10. The summed E-state index contributed by atoms with van der Waals surface area (Å²) in [6, 6.07) is 11.2. The number of sulfone groups is 1. The van der Waals surface area contributed by atoms with Crippen LogP contribution >= 0.6 is 0 Å². The normalized spacial score (nSPS) is 14.5. The minimum Gasteiger partial charge on any atom is -0.378 e. The van der Waals surface area contributed by atoms with E-state index in [4.69, 9.17) is 4.74 Å². The number of aromatic nitrogens is 3. The SMILES string of the molecule is CS(=O)(=O)c1cn(-c2ncc(-c3ccccc3F)cn2)c2cc(C(=O)N3CCOCC3)ccc12. The first-order valence-corrected chi connectivity index (χ1v) is 12.5. The van der Waals surface area contributed by atoms with Crippen molar-refractivity contribution in [1.82, 2.24) is 19.4 Å². The lowest BCUT2D eigenvalue weighted by Crippen LogP contribution is -2.40. The molecule has 0 saturated carbocycles. The van der Waals surface area contributed by atoms with Crippen molar-refractivity contribution in [2.45, 2.75) is 4.90 Å². The van der Waals surface area contributed by atoms with E-state index in [-0.39, 0.29) is 16.8 Å². The van der Waals surface area contributed by atoms with Crippen molar-refractivity contribution < 1.29 is 22.3 Å². The lowest BCUT2D eigenvalue weighted by molar-refractivity contribution is 0.0303. The van der Waals surface area contributed by atoms with Gasteiger partial charge in [0.15, 0.2) is 9.84 Å². The molecule has 2 aromatic carbocycles. The molecule has 0 atom stereocenters. The van der Waals surface area contributed by atoms with Gasteiger partial charge in [-0.25, -0.2) is 22.8 Å². The van der Waals surface area contributed by atoms with Gasteiger partial charge in [-0.15, -0.1) is 0 Å². The number of hydrogen-bond acceptors (Lipinski definition) is 6. The maximum Gasteiger partial charge on any atom is 0.254 e. The first kappa shape index (κ1) is 22.2. The van der Waals surface area contributed by atoms with Crippen LogP contribution in [0.1, 0.15) is 10.4 Å². The van der Waals surface area contributed by atoms with Crippen LogP contribution in [-0.4, -0.2) is 66.3 Å². The van der Waals surface area contributed by atoms with Crippen LogP contribution in [0.15, 0.2) is 66.0 Å². The number of carbonyl (C=O) groups excluding carboxylic acids is 1. The van der Waals surface area contributed by atoms with E-state index in [0.29, 0.717) is 53.9 Å². The zero-order valence-corrected chi connectivity index (χ0v) is 19.1. The van der Waals surface area contributed by atoms with Gasteiger partial charge in [-0.3, -0.25) is 9.36 Å². The van der Waals surface area contributed by atoms with E-state index in [2.05, 4.69) is 9.97 Å². The highest BCUT2D eigenvalue weighted by Crippen LogP contribution is 2.29. The maximum atomic E-state index is 14.1. The van der Waals surface area contributed by atoms with Crippen molar-refractivity contribution in [2.75, 3.05) is 32.6 Å². The number of carbonyl (C=O) groups is 1. The van der Waals surface area contributed by atoms with Crippen LogP contribution in [0, 0.1) is 5.82 Å². The highest BCUT2D eigenvalue weighted by Gasteiger charge is 2.23. The van der Waals surface area contributed by atoms with Crippen molar-refractivity contribution in [3.63, 3.8) is 0 Å². The summed E-state index contributed by atoms with van der Waals surface area (Å²) in [5, 5.41) is 0.461. The van der Waals surface area contributed by atoms with E-state index >= 15 is 0 Å². The molecule has 0 unspecified atom stereocenters. The fraction of sp³-hybridized carbons (Fsp3) is 0.208. The monoisotopic (exact) mass is 480 g/mol. The standard InChI is InChI=1S/C24H21FN4O4S/c1-34(31,32)22-15-29(24-26-13-17(14-27-24)18-4-2-3-5-20(18)25)21-12-16(6-7-19(21)22)23(30)28-8-10-33-11-9-28/h2-7,12-15H,8-11H2,1H3. The van der Waals surface area contributed by atoms with Gasteiger partial charge in [-0.1, -0.05) is 24.3 Å². The fourth-order valence-corrected chi connectivity index (χ4v) is 4.89. The summed E-state index contributed by atoms with van der Waals surface area (Å²) in [4.78, 5) is 23.5. The first-order valence-electron chi connectivity index (χ1n) is 10.6. The van der Waals surface area contributed by atoms with Crippen LogP contribution in [0.25, 0.3) is 28.0 Å². The van der Waals surface area contributed by atoms with Crippen LogP contribution in [0.3, 0.4) is 0 Å². The molecule has 34 heavy (non-hydrogen) atoms. The smallest absolute Gasteiger partial charge is 0.254 e. The summed E-state index contributed by atoms with van der Waals surface area (Å²) in [5.41, 5.74) is 1.77. The molecule has 1 amide bonds. The topological polar surface area (TPSA) is 94.4 Å². The van der Waals surface area contributed by atoms with Crippen LogP contribution in [-0.2, 0) is 14.6 Å². The molecule has 8 nitrogen and oxygen atoms in total. The molecule has 1 fully saturated rings. The van der Waals surface area contributed by atoms with Gasteiger partial charge in [0.05, 0.1) is 23.6 Å². The average Bonchev–Trinajstić information content (AvgIpc) is 3.24. The Labute approximate surface area is 195 Å². The minimum atomic E-state index is -3.56. The summed E-state index contributed by atoms with van der Waals surface area (Å²) in [7, 11) is -3.56. The van der Waals surface area contributed by atoms with Gasteiger partial charge in [-0.2, -0.15) is 0 Å². The summed E-state index contributed by atoms with van der Waals surface area (Å²) in [6.45, 7) is 1.94. The highest BCUT2D eigenvalue weighted by atomic mass is 32.2. The quantitative estimate of drug-likeness (QED) is 0.446. The van der Waals surface area contributed by atoms with Gasteiger partial charge in [0, 0.05) is 60.0 Å². The van der Waals surface area contributed by atoms with Crippen molar-refractivity contribution in [3.8, 4) is 17.1 Å². The summed E-state index contributed by atoms with van der Waals surface area (Å²) < 4.78 is 45.9. The van der Waals surface area contributed by atoms with Gasteiger partial charge < -0.3 is 9.64 Å². The molecule has 5 rings (SSSR count). The lowest BCUT2D eigenvalue weighted by atomic mass is 10.1. The zero-order chi connectivity index (χ0) is 23.9. The number of halogens is 1. The Hall–Kier alpha value is -3.63. The van der Waals surface area contributed by atoms with E-state index in [1.165, 1.54) is 29.2 Å². The van der Waals surface area contributed by atoms with Crippen LogP contribution in [0.4, 0.5) is 4.39 Å². The third-order valence-electron chi connectivity index (χ3n) is 5.75. The number of amides is 1. The summed E-state index contributed by atoms with van der Waals surface area (Å²) in [6.07, 6.45) is 5.53. The number of nitrogens with zero attached hydrogens (tertiary/aromatic N) is 4. The molecule has 4 aromatic rings. The molecule has 0 spiro atoms. The molecule has 0 aliphatic carbocycles. The number of ether oxygens (including phenoxy) is 1. The molecule has 0 radical (unpaired) electrons. The number of morpholine rings is 1. The molecule has 1 aliphatic heterocycles. The number of benzene rings is 2. The second kappa shape index (κ2) is 8.62. The van der Waals surface area contributed by atoms with Crippen molar-refractivity contribution in [3.05, 3.63) is 72.4 Å². The van der Waals surface area contributed by atoms with Crippen molar-refractivity contribution >= 4 is 26.6 Å². The lowest BCUT2D eigenvalue weighted by Gasteiger charge is -2.26. The second-order valence-electron chi connectivity index (χ2n) is 8.02. The molecule has 0 bridgehead atoms. The van der Waals surface area contributed by atoms with E-state index in [0.717, 1.165) is 6.26 Å². The van der Waals surface area contributed by atoms with Gasteiger partial charge in [-0.05, 0) is 18.2 Å². The van der Waals surface area contributed by atoms with Crippen molar-refractivity contribution in [2.24, 2.45) is 0 Å². The highest BCUT2D eigenvalue weighted by molar-refractivity contribution is 7.91. The molecule has 2 aromatic heterocycles. The number of fused-ring (bicyclic) bond motifs is 1. The van der Waals surface area contributed by atoms with Crippen LogP contribution in [0.2, 0.25) is 0 Å². The molecule has 1 aliphatic rings. The number of rotatable bonds is 4. The molecular weight excluding hydrogens is 459 g/mol. The predicted molar refractivity (Wildman–Crippen MR) is 124 cm³/mol. The molecule has 0 N–H and O–H groups in total. The Balaban J connectivity index is 1.61. The number of hydrogen-bond donors (Lipinski definition) is 0. The fourth-order valence-electron chi connectivity index (χ4n) is 4.02. The summed E-state index contributed by atoms with van der Waals surface area (Å²) in [5.74, 6) is -0.346. The third-order valence-corrected chi connectivity index (χ3v) is 6.88. The van der Waals surface area contributed by atoms with E-state index in [1.807, 2.05) is 0 Å². The largest absolute Gasteiger partial charge is 0.378 e. The van der Waals surface area contributed by atoms with Crippen molar-refractivity contribution in [1.29, 1.82) is 0 Å². The molecule has 1 saturated heterocycles. The Morgan fingerprint density at radius 2 is 1.76 bits per heavy atom. The van der Waals surface area contributed by atoms with Gasteiger partial charge in [0.2, 0.25) is 5.95 Å². The van der Waals surface area contributed by atoms with Gasteiger partial charge in [0.25, 0.3) is 5.91 Å².